The zero-order valence-corrected chi connectivity index (χ0v) is 14.6. The molecule has 0 saturated carbocycles. The minimum absolute atomic E-state index is 0.225. The molecule has 0 amide bonds. The molecule has 1 aliphatic heterocycles. The summed E-state index contributed by atoms with van der Waals surface area (Å²) >= 11 is 0. The lowest BCUT2D eigenvalue weighted by atomic mass is 9.96. The molecule has 0 radical (unpaired) electrons. The fraction of sp³-hybridized carbons (Fsp3) is 0.250. The average Bonchev–Trinajstić information content (AvgIpc) is 3.14. The highest BCUT2D eigenvalue weighted by Gasteiger charge is 2.42. The molecule has 0 bridgehead atoms. The molecule has 134 valence electrons. The van der Waals surface area contributed by atoms with Crippen LogP contribution in [0.25, 0.3) is 21.9 Å². The van der Waals surface area contributed by atoms with Gasteiger partial charge in [0.2, 0.25) is 0 Å². The Hall–Kier alpha value is -2.50. The Kier molecular flexibility index (Phi) is 4.13. The number of aryl methyl sites for hydroxylation is 1. The van der Waals surface area contributed by atoms with Gasteiger partial charge in [0, 0.05) is 26.1 Å². The fourth-order valence-corrected chi connectivity index (χ4v) is 3.86. The van der Waals surface area contributed by atoms with Crippen molar-refractivity contribution in [2.45, 2.75) is 19.8 Å². The molecule has 0 unspecified atom stereocenters. The SMILES string of the molecule is Cc1cc(N2CCCC2)c(-c2cccc3ccccc23)c[n+]1[B-](F)(F)F. The number of hydrogen-bond acceptors (Lipinski definition) is 1. The molecule has 2 nitrogen and oxygen atoms in total. The van der Waals surface area contributed by atoms with Crippen molar-refractivity contribution in [2.24, 2.45) is 0 Å². The summed E-state index contributed by atoms with van der Waals surface area (Å²) < 4.78 is 41.2. The van der Waals surface area contributed by atoms with Crippen LogP contribution in [-0.4, -0.2) is 20.2 Å². The van der Waals surface area contributed by atoms with E-state index in [0.717, 1.165) is 48.0 Å². The standard InChI is InChI=1S/C20H20BF3N2/c1-15-13-20(25-11-4-5-12-25)19(14-26(15)21(22,23)24)18-10-6-8-16-7-2-3-9-17(16)18/h2-3,6-10,13-14H,4-5,11-12H2,1H3. The average molecular weight is 356 g/mol. The summed E-state index contributed by atoms with van der Waals surface area (Å²) in [6, 6.07) is 15.3. The van der Waals surface area contributed by atoms with E-state index in [9.17, 15) is 12.9 Å². The van der Waals surface area contributed by atoms with Crippen molar-refractivity contribution in [3.8, 4) is 11.1 Å². The normalized spacial score (nSPS) is 15.0. The second-order valence-corrected chi connectivity index (χ2v) is 6.88. The largest absolute Gasteiger partial charge is 0.811 e. The number of fused-ring (bicyclic) bond motifs is 1. The van der Waals surface area contributed by atoms with Gasteiger partial charge in [-0.3, -0.25) is 0 Å². The van der Waals surface area contributed by atoms with Gasteiger partial charge in [-0.15, -0.1) is 0 Å². The zero-order valence-electron chi connectivity index (χ0n) is 14.6. The topological polar surface area (TPSA) is 7.12 Å². The molecule has 0 aliphatic carbocycles. The maximum atomic E-state index is 13.6. The van der Waals surface area contributed by atoms with E-state index in [0.29, 0.717) is 10.0 Å². The summed E-state index contributed by atoms with van der Waals surface area (Å²) in [7, 11) is -5.13. The fourth-order valence-electron chi connectivity index (χ4n) is 3.86. The van der Waals surface area contributed by atoms with Gasteiger partial charge in [0.1, 0.15) is 11.9 Å². The number of anilines is 1. The van der Waals surface area contributed by atoms with Crippen LogP contribution in [0.5, 0.6) is 0 Å². The first-order valence-corrected chi connectivity index (χ1v) is 8.94. The Morgan fingerprint density at radius 2 is 1.62 bits per heavy atom. The second kappa shape index (κ2) is 6.34. The molecule has 26 heavy (non-hydrogen) atoms. The summed E-state index contributed by atoms with van der Waals surface area (Å²) in [6.45, 7) is 3.30. The van der Waals surface area contributed by atoms with E-state index in [1.807, 2.05) is 42.5 Å². The third kappa shape index (κ3) is 2.93. The molecule has 2 aromatic carbocycles. The van der Waals surface area contributed by atoms with Gasteiger partial charge < -0.3 is 22.3 Å². The Balaban J connectivity index is 2.01. The van der Waals surface area contributed by atoms with Gasteiger partial charge in [-0.05, 0) is 29.2 Å². The maximum absolute atomic E-state index is 13.6. The summed E-state index contributed by atoms with van der Waals surface area (Å²) in [5.74, 6) is 0. The van der Waals surface area contributed by atoms with E-state index in [2.05, 4.69) is 4.90 Å². The minimum Gasteiger partial charge on any atom is -0.379 e. The molecule has 2 heterocycles. The maximum Gasteiger partial charge on any atom is 0.811 e. The molecular formula is C20H20BF3N2. The van der Waals surface area contributed by atoms with Crippen molar-refractivity contribution in [1.82, 2.24) is 0 Å². The van der Waals surface area contributed by atoms with Crippen molar-refractivity contribution in [1.29, 1.82) is 0 Å². The summed E-state index contributed by atoms with van der Waals surface area (Å²) in [5.41, 5.74) is 2.61. The minimum atomic E-state index is -5.13. The van der Waals surface area contributed by atoms with Crippen molar-refractivity contribution in [3.05, 3.63) is 60.4 Å². The molecule has 0 spiro atoms. The molecule has 0 atom stereocenters. The predicted octanol–water partition coefficient (Wildman–Crippen LogP) is 4.90. The van der Waals surface area contributed by atoms with Crippen molar-refractivity contribution < 1.29 is 17.4 Å². The first-order chi connectivity index (χ1) is 12.4. The van der Waals surface area contributed by atoms with Gasteiger partial charge in [-0.2, -0.15) is 0 Å². The Morgan fingerprint density at radius 1 is 0.923 bits per heavy atom. The Labute approximate surface area is 151 Å². The van der Waals surface area contributed by atoms with Gasteiger partial charge in [0.15, 0.2) is 0 Å². The predicted molar refractivity (Wildman–Crippen MR) is 100 cm³/mol. The molecule has 6 heteroatoms. The van der Waals surface area contributed by atoms with Gasteiger partial charge >= 0.3 is 7.11 Å². The van der Waals surface area contributed by atoms with Crippen molar-refractivity contribution in [2.75, 3.05) is 18.0 Å². The van der Waals surface area contributed by atoms with Crippen LogP contribution in [0.4, 0.5) is 18.6 Å². The van der Waals surface area contributed by atoms with E-state index >= 15 is 0 Å². The highest BCUT2D eigenvalue weighted by Crippen LogP contribution is 2.36. The molecule has 0 N–H and O–H groups in total. The highest BCUT2D eigenvalue weighted by atomic mass is 19.4. The number of halogens is 3. The summed E-state index contributed by atoms with van der Waals surface area (Å²) in [5, 5.41) is 2.00. The molecule has 1 saturated heterocycles. The Morgan fingerprint density at radius 3 is 2.35 bits per heavy atom. The molecular weight excluding hydrogens is 336 g/mol. The summed E-state index contributed by atoms with van der Waals surface area (Å²) in [6.07, 6.45) is 3.43. The van der Waals surface area contributed by atoms with E-state index in [1.165, 1.54) is 13.1 Å². The summed E-state index contributed by atoms with van der Waals surface area (Å²) in [4.78, 5) is 2.21. The third-order valence-electron chi connectivity index (χ3n) is 5.14. The molecule has 3 aromatic rings. The van der Waals surface area contributed by atoms with Gasteiger partial charge in [0.05, 0.1) is 11.3 Å². The van der Waals surface area contributed by atoms with E-state index in [-0.39, 0.29) is 5.69 Å². The monoisotopic (exact) mass is 356 g/mol. The van der Waals surface area contributed by atoms with E-state index in [4.69, 9.17) is 0 Å². The van der Waals surface area contributed by atoms with Crippen LogP contribution in [0.3, 0.4) is 0 Å². The number of aromatic nitrogens is 1. The van der Waals surface area contributed by atoms with Crippen LogP contribution < -0.4 is 9.38 Å². The van der Waals surface area contributed by atoms with Crippen LogP contribution in [0, 0.1) is 6.92 Å². The van der Waals surface area contributed by atoms with Crippen LogP contribution in [0.15, 0.2) is 54.7 Å². The third-order valence-corrected chi connectivity index (χ3v) is 5.14. The van der Waals surface area contributed by atoms with Crippen molar-refractivity contribution >= 4 is 23.6 Å². The lowest BCUT2D eigenvalue weighted by Crippen LogP contribution is -2.57. The number of pyridine rings is 1. The van der Waals surface area contributed by atoms with E-state index < -0.39 is 7.11 Å². The molecule has 1 aromatic heterocycles. The number of nitrogens with zero attached hydrogens (tertiary/aromatic N) is 2. The zero-order chi connectivity index (χ0) is 18.3. The first kappa shape index (κ1) is 16.9. The smallest absolute Gasteiger partial charge is 0.379 e. The number of hydrogen-bond donors (Lipinski definition) is 0. The van der Waals surface area contributed by atoms with Gasteiger partial charge in [-0.1, -0.05) is 42.5 Å². The number of rotatable bonds is 3. The van der Waals surface area contributed by atoms with Crippen LogP contribution >= 0.6 is 0 Å². The van der Waals surface area contributed by atoms with Crippen molar-refractivity contribution in [3.63, 3.8) is 0 Å². The lowest BCUT2D eigenvalue weighted by molar-refractivity contribution is -0.582. The molecule has 4 rings (SSSR count). The first-order valence-electron chi connectivity index (χ1n) is 8.94. The van der Waals surface area contributed by atoms with Crippen LogP contribution in [-0.2, 0) is 0 Å². The molecule has 1 fully saturated rings. The number of benzene rings is 2. The lowest BCUT2D eigenvalue weighted by Gasteiger charge is -2.24. The van der Waals surface area contributed by atoms with Gasteiger partial charge in [0.25, 0.3) is 0 Å². The Bertz CT molecular complexity index is 958. The van der Waals surface area contributed by atoms with Crippen LogP contribution in [0.1, 0.15) is 18.5 Å². The highest BCUT2D eigenvalue weighted by molar-refractivity contribution is 6.48. The van der Waals surface area contributed by atoms with Gasteiger partial charge in [-0.25, -0.2) is 0 Å². The van der Waals surface area contributed by atoms with E-state index in [1.54, 1.807) is 6.07 Å². The second-order valence-electron chi connectivity index (χ2n) is 6.88. The van der Waals surface area contributed by atoms with Crippen LogP contribution in [0.2, 0.25) is 0 Å². The molecule has 1 aliphatic rings. The quantitative estimate of drug-likeness (QED) is 0.606.